The summed E-state index contributed by atoms with van der Waals surface area (Å²) in [7, 11) is 0. The summed E-state index contributed by atoms with van der Waals surface area (Å²) in [5, 5.41) is 0.702. The molecule has 1 unspecified atom stereocenters. The second kappa shape index (κ2) is 7.06. The summed E-state index contributed by atoms with van der Waals surface area (Å²) in [5.41, 5.74) is 0.510. The first-order valence-corrected chi connectivity index (χ1v) is 9.95. The average Bonchev–Trinajstić information content (AvgIpc) is 2.60. The van der Waals surface area contributed by atoms with Crippen LogP contribution < -0.4 is 5.56 Å². The van der Waals surface area contributed by atoms with Crippen molar-refractivity contribution < 1.29 is 9.59 Å². The fourth-order valence-electron chi connectivity index (χ4n) is 3.24. The van der Waals surface area contributed by atoms with Gasteiger partial charge < -0.3 is 9.80 Å². The van der Waals surface area contributed by atoms with Crippen molar-refractivity contribution in [1.82, 2.24) is 19.4 Å². The van der Waals surface area contributed by atoms with Gasteiger partial charge in [-0.1, -0.05) is 32.5 Å². The van der Waals surface area contributed by atoms with E-state index in [9.17, 15) is 14.4 Å². The predicted octanol–water partition coefficient (Wildman–Crippen LogP) is 0.953. The van der Waals surface area contributed by atoms with Crippen molar-refractivity contribution >= 4 is 23.6 Å². The fourth-order valence-corrected chi connectivity index (χ4v) is 4.33. The van der Waals surface area contributed by atoms with E-state index in [4.69, 9.17) is 0 Å². The fraction of sp³-hybridized carbons (Fsp3) is 0.667. The van der Waals surface area contributed by atoms with Gasteiger partial charge in [0, 0.05) is 56.9 Å². The highest BCUT2D eigenvalue weighted by Crippen LogP contribution is 2.29. The van der Waals surface area contributed by atoms with E-state index in [0.717, 1.165) is 5.69 Å². The third kappa shape index (κ3) is 3.79. The maximum atomic E-state index is 12.9. The number of amides is 2. The molecule has 0 aliphatic carbocycles. The third-order valence-corrected chi connectivity index (χ3v) is 6.08. The van der Waals surface area contributed by atoms with Gasteiger partial charge in [-0.3, -0.25) is 19.0 Å². The first-order valence-electron chi connectivity index (χ1n) is 8.96. The highest BCUT2D eigenvalue weighted by atomic mass is 32.2. The number of carbonyl (C=O) groups is 2. The SMILES string of the molecule is CC(=O)N1CCN(C(=O)C2CSc3nc(C(C)(C)C)cc(=O)n3C2)CC1. The van der Waals surface area contributed by atoms with Crippen LogP contribution in [0.5, 0.6) is 0 Å². The van der Waals surface area contributed by atoms with Gasteiger partial charge in [-0.2, -0.15) is 0 Å². The van der Waals surface area contributed by atoms with Gasteiger partial charge in [0.2, 0.25) is 11.8 Å². The number of carbonyl (C=O) groups excluding carboxylic acids is 2. The van der Waals surface area contributed by atoms with Crippen LogP contribution in [0.4, 0.5) is 0 Å². The second-order valence-electron chi connectivity index (χ2n) is 7.96. The number of aromatic nitrogens is 2. The summed E-state index contributed by atoms with van der Waals surface area (Å²) in [5.74, 6) is 0.521. The van der Waals surface area contributed by atoms with Crippen LogP contribution in [-0.2, 0) is 21.5 Å². The Morgan fingerprint density at radius 1 is 1.15 bits per heavy atom. The lowest BCUT2D eigenvalue weighted by Gasteiger charge is -2.37. The number of piperazine rings is 1. The van der Waals surface area contributed by atoms with Crippen molar-refractivity contribution in [3.05, 3.63) is 22.1 Å². The summed E-state index contributed by atoms with van der Waals surface area (Å²) in [6.07, 6.45) is 0. The Labute approximate surface area is 157 Å². The van der Waals surface area contributed by atoms with Gasteiger partial charge in [-0.15, -0.1) is 0 Å². The maximum absolute atomic E-state index is 12.9. The Hall–Kier alpha value is -1.83. The number of nitrogens with zero attached hydrogens (tertiary/aromatic N) is 4. The molecular weight excluding hydrogens is 352 g/mol. The lowest BCUT2D eigenvalue weighted by molar-refractivity contribution is -0.141. The molecule has 3 rings (SSSR count). The lowest BCUT2D eigenvalue weighted by Crippen LogP contribution is -2.52. The molecule has 1 fully saturated rings. The summed E-state index contributed by atoms with van der Waals surface area (Å²) >= 11 is 1.48. The van der Waals surface area contributed by atoms with Crippen LogP contribution in [0.25, 0.3) is 0 Å². The van der Waals surface area contributed by atoms with Crippen molar-refractivity contribution in [2.45, 2.75) is 44.8 Å². The van der Waals surface area contributed by atoms with E-state index in [-0.39, 0.29) is 28.7 Å². The van der Waals surface area contributed by atoms with Crippen LogP contribution >= 0.6 is 11.8 Å². The number of hydrogen-bond donors (Lipinski definition) is 0. The Morgan fingerprint density at radius 3 is 2.35 bits per heavy atom. The molecule has 26 heavy (non-hydrogen) atoms. The molecule has 1 saturated heterocycles. The molecule has 0 spiro atoms. The largest absolute Gasteiger partial charge is 0.339 e. The highest BCUT2D eigenvalue weighted by Gasteiger charge is 2.32. The zero-order valence-electron chi connectivity index (χ0n) is 15.8. The van der Waals surface area contributed by atoms with E-state index < -0.39 is 0 Å². The van der Waals surface area contributed by atoms with E-state index >= 15 is 0 Å². The molecule has 2 aliphatic rings. The Bertz CT molecular complexity index is 776. The summed E-state index contributed by atoms with van der Waals surface area (Å²) in [6, 6.07) is 1.59. The quantitative estimate of drug-likeness (QED) is 0.680. The standard InChI is InChI=1S/C18H26N4O3S/c1-12(23)20-5-7-21(8-6-20)16(25)13-10-22-15(24)9-14(18(2,3)4)19-17(22)26-11-13/h9,13H,5-8,10-11H2,1-4H3. The van der Waals surface area contributed by atoms with Gasteiger partial charge in [0.1, 0.15) is 0 Å². The van der Waals surface area contributed by atoms with Crippen LogP contribution in [0.1, 0.15) is 33.4 Å². The van der Waals surface area contributed by atoms with Gasteiger partial charge in [-0.25, -0.2) is 4.98 Å². The molecule has 2 amide bonds. The van der Waals surface area contributed by atoms with Crippen LogP contribution in [0.15, 0.2) is 16.0 Å². The van der Waals surface area contributed by atoms with Gasteiger partial charge in [0.05, 0.1) is 11.6 Å². The highest BCUT2D eigenvalue weighted by molar-refractivity contribution is 7.99. The minimum Gasteiger partial charge on any atom is -0.339 e. The molecule has 1 aromatic heterocycles. The molecule has 0 N–H and O–H groups in total. The van der Waals surface area contributed by atoms with Crippen molar-refractivity contribution in [3.63, 3.8) is 0 Å². The minimum atomic E-state index is -0.226. The summed E-state index contributed by atoms with van der Waals surface area (Å²) in [4.78, 5) is 45.0. The molecule has 0 radical (unpaired) electrons. The van der Waals surface area contributed by atoms with E-state index in [1.807, 2.05) is 25.7 Å². The molecular formula is C18H26N4O3S. The zero-order valence-corrected chi connectivity index (χ0v) is 16.6. The normalized spacial score (nSPS) is 20.7. The molecule has 2 aliphatic heterocycles. The lowest BCUT2D eigenvalue weighted by atomic mass is 9.92. The monoisotopic (exact) mass is 378 g/mol. The van der Waals surface area contributed by atoms with Crippen LogP contribution in [0.2, 0.25) is 0 Å². The number of hydrogen-bond acceptors (Lipinski definition) is 5. The molecule has 8 heteroatoms. The second-order valence-corrected chi connectivity index (χ2v) is 8.95. The average molecular weight is 378 g/mol. The topological polar surface area (TPSA) is 75.5 Å². The molecule has 3 heterocycles. The van der Waals surface area contributed by atoms with Crippen molar-refractivity contribution in [1.29, 1.82) is 0 Å². The number of rotatable bonds is 1. The Balaban J connectivity index is 1.72. The van der Waals surface area contributed by atoms with Crippen molar-refractivity contribution in [2.24, 2.45) is 5.92 Å². The Morgan fingerprint density at radius 2 is 1.77 bits per heavy atom. The molecule has 1 atom stereocenters. The third-order valence-electron chi connectivity index (χ3n) is 4.94. The summed E-state index contributed by atoms with van der Waals surface area (Å²) < 4.78 is 1.62. The zero-order chi connectivity index (χ0) is 19.1. The van der Waals surface area contributed by atoms with Gasteiger partial charge in [0.25, 0.3) is 5.56 Å². The van der Waals surface area contributed by atoms with Crippen LogP contribution in [-0.4, -0.2) is 63.1 Å². The van der Waals surface area contributed by atoms with Gasteiger partial charge in [0.15, 0.2) is 5.16 Å². The van der Waals surface area contributed by atoms with Crippen LogP contribution in [0.3, 0.4) is 0 Å². The molecule has 0 saturated carbocycles. The van der Waals surface area contributed by atoms with Gasteiger partial charge in [-0.05, 0) is 0 Å². The molecule has 142 valence electrons. The van der Waals surface area contributed by atoms with Crippen LogP contribution in [0, 0.1) is 5.92 Å². The number of thioether (sulfide) groups is 1. The van der Waals surface area contributed by atoms with E-state index in [1.165, 1.54) is 11.8 Å². The predicted molar refractivity (Wildman–Crippen MR) is 100 cm³/mol. The molecule has 0 bridgehead atoms. The first-order chi connectivity index (χ1) is 12.2. The summed E-state index contributed by atoms with van der Waals surface area (Å²) in [6.45, 7) is 10.3. The number of fused-ring (bicyclic) bond motifs is 1. The van der Waals surface area contributed by atoms with Crippen molar-refractivity contribution in [3.8, 4) is 0 Å². The van der Waals surface area contributed by atoms with Gasteiger partial charge >= 0.3 is 0 Å². The smallest absolute Gasteiger partial charge is 0.254 e. The minimum absolute atomic E-state index is 0.0477. The first kappa shape index (κ1) is 18.9. The molecule has 1 aromatic rings. The Kier molecular flexibility index (Phi) is 5.14. The van der Waals surface area contributed by atoms with E-state index in [1.54, 1.807) is 22.5 Å². The van der Waals surface area contributed by atoms with Crippen molar-refractivity contribution in [2.75, 3.05) is 31.9 Å². The molecule has 0 aromatic carbocycles. The molecule has 7 nitrogen and oxygen atoms in total. The van der Waals surface area contributed by atoms with E-state index in [2.05, 4.69) is 4.98 Å². The van der Waals surface area contributed by atoms with E-state index in [0.29, 0.717) is 43.6 Å². The maximum Gasteiger partial charge on any atom is 0.254 e.